The van der Waals surface area contributed by atoms with Gasteiger partial charge in [-0.05, 0) is 31.2 Å². The third kappa shape index (κ3) is 3.00. The normalized spacial score (nSPS) is 11.3. The van der Waals surface area contributed by atoms with Crippen LogP contribution in [0.5, 0.6) is 0 Å². The van der Waals surface area contributed by atoms with Crippen molar-refractivity contribution in [1.29, 1.82) is 0 Å². The highest BCUT2D eigenvalue weighted by molar-refractivity contribution is 7.92. The van der Waals surface area contributed by atoms with Crippen LogP contribution in [-0.4, -0.2) is 13.4 Å². The number of nitrogens with zero attached hydrogens (tertiary/aromatic N) is 1. The molecule has 2 aromatic rings. The number of sulfonamides is 1. The van der Waals surface area contributed by atoms with Crippen molar-refractivity contribution < 1.29 is 12.8 Å². The Kier molecular flexibility index (Phi) is 3.82. The van der Waals surface area contributed by atoms with Gasteiger partial charge in [0.15, 0.2) is 0 Å². The molecule has 106 valence electrons. The number of rotatable bonds is 3. The summed E-state index contributed by atoms with van der Waals surface area (Å²) in [5.41, 5.74) is 5.71. The summed E-state index contributed by atoms with van der Waals surface area (Å²) in [5, 5.41) is -0.253. The summed E-state index contributed by atoms with van der Waals surface area (Å²) in [6.07, 6.45) is 0. The SMILES string of the molecule is Cc1cccc(NS(=O)(=O)c2cc(N)c(F)cc2Cl)n1. The summed E-state index contributed by atoms with van der Waals surface area (Å²) < 4.78 is 39.8. The number of aryl methyl sites for hydroxylation is 1. The fourth-order valence-corrected chi connectivity index (χ4v) is 3.10. The number of nitrogens with two attached hydrogens (primary N) is 1. The van der Waals surface area contributed by atoms with Gasteiger partial charge in [-0.15, -0.1) is 0 Å². The maximum absolute atomic E-state index is 13.2. The maximum atomic E-state index is 13.2. The zero-order chi connectivity index (χ0) is 14.9. The smallest absolute Gasteiger partial charge is 0.264 e. The van der Waals surface area contributed by atoms with Gasteiger partial charge in [0.2, 0.25) is 0 Å². The first-order valence-corrected chi connectivity index (χ1v) is 7.37. The number of hydrogen-bond acceptors (Lipinski definition) is 4. The molecular formula is C12H11ClFN3O2S. The van der Waals surface area contributed by atoms with Crippen LogP contribution < -0.4 is 10.5 Å². The van der Waals surface area contributed by atoms with E-state index in [-0.39, 0.29) is 21.4 Å². The molecule has 20 heavy (non-hydrogen) atoms. The van der Waals surface area contributed by atoms with Crippen LogP contribution in [0.3, 0.4) is 0 Å². The predicted octanol–water partition coefficient (Wildman–Crippen LogP) is 2.57. The molecule has 0 aliphatic heterocycles. The highest BCUT2D eigenvalue weighted by atomic mass is 35.5. The lowest BCUT2D eigenvalue weighted by Gasteiger charge is -2.10. The average molecular weight is 316 g/mol. The van der Waals surface area contributed by atoms with E-state index < -0.39 is 15.8 Å². The van der Waals surface area contributed by atoms with Gasteiger partial charge in [-0.3, -0.25) is 4.72 Å². The molecule has 0 unspecified atom stereocenters. The first kappa shape index (κ1) is 14.5. The van der Waals surface area contributed by atoms with Crippen LogP contribution >= 0.6 is 11.6 Å². The van der Waals surface area contributed by atoms with Gasteiger partial charge in [0, 0.05) is 5.69 Å². The second-order valence-electron chi connectivity index (χ2n) is 4.07. The lowest BCUT2D eigenvalue weighted by molar-refractivity contribution is 0.600. The first-order valence-electron chi connectivity index (χ1n) is 5.50. The Labute approximate surface area is 120 Å². The van der Waals surface area contributed by atoms with E-state index in [0.717, 1.165) is 12.1 Å². The van der Waals surface area contributed by atoms with E-state index in [4.69, 9.17) is 17.3 Å². The van der Waals surface area contributed by atoms with Crippen molar-refractivity contribution in [1.82, 2.24) is 4.98 Å². The number of halogens is 2. The molecular weight excluding hydrogens is 305 g/mol. The number of anilines is 2. The van der Waals surface area contributed by atoms with E-state index >= 15 is 0 Å². The molecule has 0 fully saturated rings. The van der Waals surface area contributed by atoms with Crippen molar-refractivity contribution in [2.75, 3.05) is 10.5 Å². The summed E-state index contributed by atoms with van der Waals surface area (Å²) in [7, 11) is -3.99. The maximum Gasteiger partial charge on any atom is 0.264 e. The molecule has 8 heteroatoms. The highest BCUT2D eigenvalue weighted by Crippen LogP contribution is 2.27. The third-order valence-electron chi connectivity index (χ3n) is 2.47. The Bertz CT molecular complexity index is 765. The molecule has 0 amide bonds. The molecule has 5 nitrogen and oxygen atoms in total. The Hall–Kier alpha value is -1.86. The van der Waals surface area contributed by atoms with E-state index in [1.807, 2.05) is 0 Å². The van der Waals surface area contributed by atoms with E-state index in [0.29, 0.717) is 5.69 Å². The minimum atomic E-state index is -3.99. The third-order valence-corrected chi connectivity index (χ3v) is 4.29. The van der Waals surface area contributed by atoms with E-state index in [1.165, 1.54) is 6.07 Å². The van der Waals surface area contributed by atoms with Crippen LogP contribution in [0.4, 0.5) is 15.9 Å². The zero-order valence-corrected chi connectivity index (χ0v) is 12.0. The Morgan fingerprint density at radius 1 is 1.35 bits per heavy atom. The summed E-state index contributed by atoms with van der Waals surface area (Å²) in [5.74, 6) is -0.633. The quantitative estimate of drug-likeness (QED) is 0.852. The summed E-state index contributed by atoms with van der Waals surface area (Å²) in [6.45, 7) is 1.72. The molecule has 3 N–H and O–H groups in total. The van der Waals surface area contributed by atoms with Gasteiger partial charge in [0.1, 0.15) is 16.5 Å². The number of hydrogen-bond donors (Lipinski definition) is 2. The average Bonchev–Trinajstić information content (AvgIpc) is 2.33. The lowest BCUT2D eigenvalue weighted by Crippen LogP contribution is -2.15. The lowest BCUT2D eigenvalue weighted by atomic mass is 10.3. The van der Waals surface area contributed by atoms with Gasteiger partial charge >= 0.3 is 0 Å². The molecule has 0 saturated heterocycles. The Morgan fingerprint density at radius 3 is 2.70 bits per heavy atom. The number of pyridine rings is 1. The second-order valence-corrected chi connectivity index (χ2v) is 6.13. The van der Waals surface area contributed by atoms with Gasteiger partial charge in [0.05, 0.1) is 10.7 Å². The molecule has 1 heterocycles. The van der Waals surface area contributed by atoms with Crippen LogP contribution in [0.15, 0.2) is 35.2 Å². The van der Waals surface area contributed by atoms with Gasteiger partial charge in [-0.2, -0.15) is 0 Å². The fraction of sp³-hybridized carbons (Fsp3) is 0.0833. The van der Waals surface area contributed by atoms with Crippen molar-refractivity contribution in [3.8, 4) is 0 Å². The van der Waals surface area contributed by atoms with Crippen LogP contribution in [0.1, 0.15) is 5.69 Å². The van der Waals surface area contributed by atoms with E-state index in [9.17, 15) is 12.8 Å². The molecule has 0 atom stereocenters. The van der Waals surface area contributed by atoms with Gasteiger partial charge in [0.25, 0.3) is 10.0 Å². The minimum absolute atomic E-state index is 0.143. The summed E-state index contributed by atoms with van der Waals surface area (Å²) in [4.78, 5) is 3.71. The summed E-state index contributed by atoms with van der Waals surface area (Å²) >= 11 is 5.75. The Balaban J connectivity index is 2.43. The van der Waals surface area contributed by atoms with Crippen molar-refractivity contribution in [2.24, 2.45) is 0 Å². The predicted molar refractivity (Wildman–Crippen MR) is 75.6 cm³/mol. The molecule has 1 aromatic carbocycles. The van der Waals surface area contributed by atoms with E-state index in [1.54, 1.807) is 19.1 Å². The summed E-state index contributed by atoms with van der Waals surface area (Å²) in [6, 6.07) is 6.69. The van der Waals surface area contributed by atoms with Crippen molar-refractivity contribution in [2.45, 2.75) is 11.8 Å². The van der Waals surface area contributed by atoms with Crippen molar-refractivity contribution in [3.05, 3.63) is 46.9 Å². The number of benzene rings is 1. The molecule has 0 bridgehead atoms. The topological polar surface area (TPSA) is 85.1 Å². The molecule has 0 aliphatic carbocycles. The molecule has 0 saturated carbocycles. The van der Waals surface area contributed by atoms with Crippen LogP contribution in [0, 0.1) is 12.7 Å². The molecule has 2 rings (SSSR count). The second kappa shape index (κ2) is 5.26. The monoisotopic (exact) mass is 315 g/mol. The van der Waals surface area contributed by atoms with Gasteiger partial charge in [-0.25, -0.2) is 17.8 Å². The van der Waals surface area contributed by atoms with Crippen LogP contribution in [-0.2, 0) is 10.0 Å². The van der Waals surface area contributed by atoms with Gasteiger partial charge in [-0.1, -0.05) is 17.7 Å². The first-order chi connectivity index (χ1) is 9.29. The largest absolute Gasteiger partial charge is 0.396 e. The Morgan fingerprint density at radius 2 is 2.05 bits per heavy atom. The standard InChI is InChI=1S/C12H11ClFN3O2S/c1-7-3-2-4-12(16-7)17-20(18,19)11-6-10(15)9(14)5-8(11)13/h2-6H,15H2,1H3,(H,16,17). The molecule has 0 spiro atoms. The molecule has 0 radical (unpaired) electrons. The molecule has 1 aromatic heterocycles. The van der Waals surface area contributed by atoms with Crippen LogP contribution in [0.25, 0.3) is 0 Å². The number of nitrogens with one attached hydrogen (secondary N) is 1. The fourth-order valence-electron chi connectivity index (χ4n) is 1.54. The highest BCUT2D eigenvalue weighted by Gasteiger charge is 2.20. The van der Waals surface area contributed by atoms with E-state index in [2.05, 4.69) is 9.71 Å². The van der Waals surface area contributed by atoms with Gasteiger partial charge < -0.3 is 5.73 Å². The molecule has 0 aliphatic rings. The minimum Gasteiger partial charge on any atom is -0.396 e. The zero-order valence-electron chi connectivity index (χ0n) is 10.4. The van der Waals surface area contributed by atoms with Crippen LogP contribution in [0.2, 0.25) is 5.02 Å². The number of nitrogen functional groups attached to an aromatic ring is 1. The van der Waals surface area contributed by atoms with Crippen molar-refractivity contribution in [3.63, 3.8) is 0 Å². The number of aromatic nitrogens is 1. The van der Waals surface area contributed by atoms with Crippen molar-refractivity contribution >= 4 is 33.1 Å².